The lowest BCUT2D eigenvalue weighted by Crippen LogP contribution is -2.32. The van der Waals surface area contributed by atoms with Crippen molar-refractivity contribution < 1.29 is 14.6 Å². The highest BCUT2D eigenvalue weighted by Crippen LogP contribution is 2.20. The van der Waals surface area contributed by atoms with Crippen molar-refractivity contribution in [1.29, 1.82) is 0 Å². The molecule has 0 atom stereocenters. The highest BCUT2D eigenvalue weighted by molar-refractivity contribution is 5.85. The van der Waals surface area contributed by atoms with Crippen molar-refractivity contribution in [2.45, 2.75) is 32.8 Å². The highest BCUT2D eigenvalue weighted by atomic mass is 16.6. The molecule has 2 rings (SSSR count). The number of phenolic OH excluding ortho intramolecular Hbond substituents is 1. The Kier molecular flexibility index (Phi) is 5.13. The summed E-state index contributed by atoms with van der Waals surface area (Å²) in [4.78, 5) is 11.5. The maximum Gasteiger partial charge on any atom is 0.407 e. The van der Waals surface area contributed by atoms with Gasteiger partial charge in [0.25, 0.3) is 0 Å². The molecule has 1 amide bonds. The molecule has 0 radical (unpaired) electrons. The Morgan fingerprint density at radius 1 is 1.17 bits per heavy atom. The van der Waals surface area contributed by atoms with Gasteiger partial charge in [-0.25, -0.2) is 4.79 Å². The molecule has 0 bridgehead atoms. The minimum absolute atomic E-state index is 0.240. The van der Waals surface area contributed by atoms with Crippen molar-refractivity contribution in [3.63, 3.8) is 0 Å². The van der Waals surface area contributed by atoms with E-state index in [2.05, 4.69) is 17.2 Å². The third-order valence-electron chi connectivity index (χ3n) is 2.97. The van der Waals surface area contributed by atoms with Crippen LogP contribution in [0.4, 0.5) is 4.79 Å². The number of hydrogen-bond donors (Lipinski definition) is 2. The lowest BCUT2D eigenvalue weighted by molar-refractivity contribution is 0.0529. The largest absolute Gasteiger partial charge is 0.508 e. The number of benzene rings is 2. The third-order valence-corrected chi connectivity index (χ3v) is 2.97. The summed E-state index contributed by atoms with van der Waals surface area (Å²) in [6.07, 6.45) is 0.109. The summed E-state index contributed by atoms with van der Waals surface area (Å²) in [5.74, 6) is 6.31. The van der Waals surface area contributed by atoms with Gasteiger partial charge in [0.1, 0.15) is 11.4 Å². The lowest BCUT2D eigenvalue weighted by Gasteiger charge is -2.19. The first kappa shape index (κ1) is 16.7. The van der Waals surface area contributed by atoms with E-state index in [-0.39, 0.29) is 5.75 Å². The van der Waals surface area contributed by atoms with Crippen LogP contribution < -0.4 is 5.32 Å². The van der Waals surface area contributed by atoms with Gasteiger partial charge in [0, 0.05) is 18.5 Å². The summed E-state index contributed by atoms with van der Waals surface area (Å²) in [5, 5.41) is 14.2. The summed E-state index contributed by atoms with van der Waals surface area (Å²) in [6.45, 7) is 5.91. The van der Waals surface area contributed by atoms with Crippen molar-refractivity contribution >= 4 is 16.9 Å². The van der Waals surface area contributed by atoms with Crippen molar-refractivity contribution in [2.75, 3.05) is 6.54 Å². The lowest BCUT2D eigenvalue weighted by atomic mass is 10.1. The maximum atomic E-state index is 11.5. The number of alkyl carbamates (subject to hydrolysis) is 1. The molecule has 0 saturated heterocycles. The molecule has 0 saturated carbocycles. The minimum Gasteiger partial charge on any atom is -0.508 e. The van der Waals surface area contributed by atoms with Crippen LogP contribution in [0.1, 0.15) is 32.8 Å². The average molecular weight is 311 g/mol. The molecule has 4 nitrogen and oxygen atoms in total. The molecular weight excluding hydrogens is 290 g/mol. The first-order valence-electron chi connectivity index (χ1n) is 7.52. The highest BCUT2D eigenvalue weighted by Gasteiger charge is 2.15. The van der Waals surface area contributed by atoms with Crippen LogP contribution >= 0.6 is 0 Å². The summed E-state index contributed by atoms with van der Waals surface area (Å²) >= 11 is 0. The molecule has 120 valence electrons. The monoisotopic (exact) mass is 311 g/mol. The topological polar surface area (TPSA) is 58.6 Å². The summed E-state index contributed by atoms with van der Waals surface area (Å²) in [7, 11) is 0. The molecule has 2 aromatic rings. The van der Waals surface area contributed by atoms with Crippen molar-refractivity contribution in [1.82, 2.24) is 5.32 Å². The number of nitrogens with one attached hydrogen (secondary N) is 1. The van der Waals surface area contributed by atoms with E-state index in [1.165, 1.54) is 0 Å². The first-order valence-corrected chi connectivity index (χ1v) is 7.52. The van der Waals surface area contributed by atoms with E-state index >= 15 is 0 Å². The third kappa shape index (κ3) is 5.55. The van der Waals surface area contributed by atoms with Gasteiger partial charge in [-0.2, -0.15) is 0 Å². The predicted octanol–water partition coefficient (Wildman–Crippen LogP) is 3.81. The van der Waals surface area contributed by atoms with E-state index in [0.717, 1.165) is 16.3 Å². The van der Waals surface area contributed by atoms with E-state index < -0.39 is 11.7 Å². The molecule has 0 heterocycles. The van der Waals surface area contributed by atoms with Crippen LogP contribution in [-0.2, 0) is 4.74 Å². The zero-order valence-electron chi connectivity index (χ0n) is 13.6. The van der Waals surface area contributed by atoms with E-state index in [0.29, 0.717) is 13.0 Å². The van der Waals surface area contributed by atoms with Gasteiger partial charge in [-0.05, 0) is 55.8 Å². The van der Waals surface area contributed by atoms with Gasteiger partial charge in [0.05, 0.1) is 0 Å². The second-order valence-electron chi connectivity index (χ2n) is 6.23. The van der Waals surface area contributed by atoms with Crippen LogP contribution in [0.2, 0.25) is 0 Å². The zero-order chi connectivity index (χ0) is 16.9. The van der Waals surface area contributed by atoms with Gasteiger partial charge < -0.3 is 15.2 Å². The molecule has 0 aliphatic heterocycles. The number of rotatable bonds is 2. The fourth-order valence-electron chi connectivity index (χ4n) is 2.02. The fraction of sp³-hybridized carbons (Fsp3) is 0.316. The number of amides is 1. The average Bonchev–Trinajstić information content (AvgIpc) is 2.44. The second kappa shape index (κ2) is 7.06. The Morgan fingerprint density at radius 2 is 1.91 bits per heavy atom. The molecule has 23 heavy (non-hydrogen) atoms. The van der Waals surface area contributed by atoms with Crippen LogP contribution in [0, 0.1) is 11.8 Å². The number of ether oxygens (including phenoxy) is 1. The Bertz CT molecular complexity index is 764. The van der Waals surface area contributed by atoms with Crippen molar-refractivity contribution in [3.05, 3.63) is 42.0 Å². The SMILES string of the molecule is CC(C)(C)OC(=O)NCCC#Cc1ccc2ccc(O)cc2c1. The second-order valence-corrected chi connectivity index (χ2v) is 6.23. The molecule has 0 aliphatic rings. The van der Waals surface area contributed by atoms with Gasteiger partial charge >= 0.3 is 6.09 Å². The number of carbonyl (C=O) groups excluding carboxylic acids is 1. The molecular formula is C19H21NO3. The number of phenols is 1. The normalized spacial score (nSPS) is 10.7. The molecule has 4 heteroatoms. The number of aromatic hydroxyl groups is 1. The van der Waals surface area contributed by atoms with Gasteiger partial charge in [0.2, 0.25) is 0 Å². The maximum absolute atomic E-state index is 11.5. The van der Waals surface area contributed by atoms with E-state index in [4.69, 9.17) is 4.74 Å². The van der Waals surface area contributed by atoms with Crippen molar-refractivity contribution in [2.24, 2.45) is 0 Å². The summed E-state index contributed by atoms with van der Waals surface area (Å²) < 4.78 is 5.14. The molecule has 2 N–H and O–H groups in total. The smallest absolute Gasteiger partial charge is 0.407 e. The number of hydrogen-bond acceptors (Lipinski definition) is 3. The predicted molar refractivity (Wildman–Crippen MR) is 91.3 cm³/mol. The molecule has 2 aromatic carbocycles. The zero-order valence-corrected chi connectivity index (χ0v) is 13.6. The van der Waals surface area contributed by atoms with Gasteiger partial charge in [0.15, 0.2) is 0 Å². The molecule has 0 spiro atoms. The summed E-state index contributed by atoms with van der Waals surface area (Å²) in [6, 6.07) is 11.1. The van der Waals surface area contributed by atoms with Crippen molar-refractivity contribution in [3.8, 4) is 17.6 Å². The Hall–Kier alpha value is -2.67. The number of carbonyl (C=O) groups is 1. The number of fused-ring (bicyclic) bond motifs is 1. The van der Waals surface area contributed by atoms with Crippen LogP contribution in [0.3, 0.4) is 0 Å². The van der Waals surface area contributed by atoms with E-state index in [1.807, 2.05) is 45.0 Å². The molecule has 0 fully saturated rings. The van der Waals surface area contributed by atoms with Crippen LogP contribution in [0.5, 0.6) is 5.75 Å². The van der Waals surface area contributed by atoms with Gasteiger partial charge in [-0.15, -0.1) is 0 Å². The van der Waals surface area contributed by atoms with E-state index in [1.54, 1.807) is 12.1 Å². The van der Waals surface area contributed by atoms with Gasteiger partial charge in [-0.3, -0.25) is 0 Å². The Morgan fingerprint density at radius 3 is 2.65 bits per heavy atom. The van der Waals surface area contributed by atoms with Crippen LogP contribution in [0.15, 0.2) is 36.4 Å². The fourth-order valence-corrected chi connectivity index (χ4v) is 2.02. The Balaban J connectivity index is 1.89. The molecule has 0 aliphatic carbocycles. The summed E-state index contributed by atoms with van der Waals surface area (Å²) in [5.41, 5.74) is 0.382. The standard InChI is InChI=1S/C19H21NO3/c1-19(2,3)23-18(22)20-11-5-4-6-14-7-8-15-9-10-17(21)13-16(15)12-14/h7-10,12-13,21H,5,11H2,1-3H3,(H,20,22). The van der Waals surface area contributed by atoms with Gasteiger partial charge in [-0.1, -0.05) is 24.0 Å². The minimum atomic E-state index is -0.494. The molecule has 0 unspecified atom stereocenters. The Labute approximate surface area is 136 Å². The quantitative estimate of drug-likeness (QED) is 0.655. The molecule has 0 aromatic heterocycles. The first-order chi connectivity index (χ1) is 10.8. The van der Waals surface area contributed by atoms with Crippen LogP contribution in [-0.4, -0.2) is 23.3 Å². The van der Waals surface area contributed by atoms with Crippen LogP contribution in [0.25, 0.3) is 10.8 Å². The van der Waals surface area contributed by atoms with E-state index in [9.17, 15) is 9.90 Å².